The standard InChI is InChI=1S/C12H15F3N2/c1-8-6-16-2-3-17(8)7-9-4-11(14)12(15)5-10(9)13/h4-5,8,16H,2-3,6-7H2,1H3/t8-/m1/s1. The Kier molecular flexibility index (Phi) is 3.69. The maximum Gasteiger partial charge on any atom is 0.161 e. The molecule has 2 nitrogen and oxygen atoms in total. The number of nitrogens with zero attached hydrogens (tertiary/aromatic N) is 1. The highest BCUT2D eigenvalue weighted by molar-refractivity contribution is 5.20. The van der Waals surface area contributed by atoms with Gasteiger partial charge in [0.05, 0.1) is 0 Å². The number of rotatable bonds is 2. The van der Waals surface area contributed by atoms with Crippen molar-refractivity contribution in [2.45, 2.75) is 19.5 Å². The lowest BCUT2D eigenvalue weighted by Crippen LogP contribution is -2.49. The molecule has 94 valence electrons. The van der Waals surface area contributed by atoms with E-state index in [1.54, 1.807) is 0 Å². The number of nitrogens with one attached hydrogen (secondary N) is 1. The van der Waals surface area contributed by atoms with Crippen LogP contribution >= 0.6 is 0 Å². The maximum atomic E-state index is 13.5. The van der Waals surface area contributed by atoms with Crippen molar-refractivity contribution in [3.63, 3.8) is 0 Å². The summed E-state index contributed by atoms with van der Waals surface area (Å²) in [7, 11) is 0. The van der Waals surface area contributed by atoms with E-state index in [0.717, 1.165) is 25.7 Å². The van der Waals surface area contributed by atoms with E-state index in [1.165, 1.54) is 0 Å². The molecule has 0 aliphatic carbocycles. The van der Waals surface area contributed by atoms with Crippen LogP contribution in [-0.4, -0.2) is 30.6 Å². The van der Waals surface area contributed by atoms with Crippen LogP contribution in [0.25, 0.3) is 0 Å². The normalized spacial score (nSPS) is 21.8. The average Bonchev–Trinajstić information content (AvgIpc) is 2.29. The second-order valence-electron chi connectivity index (χ2n) is 4.38. The molecule has 1 heterocycles. The number of hydrogen-bond acceptors (Lipinski definition) is 2. The van der Waals surface area contributed by atoms with Gasteiger partial charge in [-0.15, -0.1) is 0 Å². The van der Waals surface area contributed by atoms with Crippen molar-refractivity contribution in [1.29, 1.82) is 0 Å². The van der Waals surface area contributed by atoms with Crippen molar-refractivity contribution in [3.8, 4) is 0 Å². The summed E-state index contributed by atoms with van der Waals surface area (Å²) in [6.45, 7) is 4.76. The molecule has 5 heteroatoms. The first kappa shape index (κ1) is 12.4. The first-order valence-electron chi connectivity index (χ1n) is 5.66. The fraction of sp³-hybridized carbons (Fsp3) is 0.500. The van der Waals surface area contributed by atoms with Gasteiger partial charge in [0.2, 0.25) is 0 Å². The van der Waals surface area contributed by atoms with Gasteiger partial charge in [0.15, 0.2) is 11.6 Å². The Morgan fingerprint density at radius 1 is 1.24 bits per heavy atom. The Hall–Kier alpha value is -1.07. The molecule has 0 radical (unpaired) electrons. The lowest BCUT2D eigenvalue weighted by atomic mass is 10.1. The number of piperazine rings is 1. The highest BCUT2D eigenvalue weighted by Gasteiger charge is 2.20. The molecule has 1 fully saturated rings. The first-order chi connectivity index (χ1) is 8.08. The third kappa shape index (κ3) is 2.79. The molecule has 1 aliphatic rings. The van der Waals surface area contributed by atoms with Crippen LogP contribution < -0.4 is 5.32 Å². The monoisotopic (exact) mass is 244 g/mol. The fourth-order valence-corrected chi connectivity index (χ4v) is 2.02. The van der Waals surface area contributed by atoms with Crippen molar-refractivity contribution in [1.82, 2.24) is 10.2 Å². The molecule has 1 aromatic rings. The van der Waals surface area contributed by atoms with E-state index in [4.69, 9.17) is 0 Å². The molecule has 1 aromatic carbocycles. The Labute approximate surface area is 98.4 Å². The van der Waals surface area contributed by atoms with E-state index < -0.39 is 17.5 Å². The van der Waals surface area contributed by atoms with Crippen molar-refractivity contribution < 1.29 is 13.2 Å². The minimum Gasteiger partial charge on any atom is -0.314 e. The van der Waals surface area contributed by atoms with Gasteiger partial charge in [0.1, 0.15) is 5.82 Å². The van der Waals surface area contributed by atoms with Crippen molar-refractivity contribution in [2.75, 3.05) is 19.6 Å². The molecule has 1 N–H and O–H groups in total. The second-order valence-corrected chi connectivity index (χ2v) is 4.38. The zero-order valence-corrected chi connectivity index (χ0v) is 9.64. The molecule has 1 saturated heterocycles. The van der Waals surface area contributed by atoms with E-state index in [1.807, 2.05) is 11.8 Å². The van der Waals surface area contributed by atoms with Crippen molar-refractivity contribution >= 4 is 0 Å². The number of hydrogen-bond donors (Lipinski definition) is 1. The molecule has 17 heavy (non-hydrogen) atoms. The van der Waals surface area contributed by atoms with Gasteiger partial charge in [-0.05, 0) is 13.0 Å². The topological polar surface area (TPSA) is 15.3 Å². The van der Waals surface area contributed by atoms with Crippen LogP contribution in [0.3, 0.4) is 0 Å². The third-order valence-corrected chi connectivity index (χ3v) is 3.10. The van der Waals surface area contributed by atoms with Gasteiger partial charge in [0, 0.05) is 43.9 Å². The zero-order chi connectivity index (χ0) is 12.4. The van der Waals surface area contributed by atoms with Gasteiger partial charge in [0.25, 0.3) is 0 Å². The summed E-state index contributed by atoms with van der Waals surface area (Å²) in [6, 6.07) is 1.81. The van der Waals surface area contributed by atoms with E-state index in [9.17, 15) is 13.2 Å². The summed E-state index contributed by atoms with van der Waals surface area (Å²) >= 11 is 0. The van der Waals surface area contributed by atoms with Crippen LogP contribution in [-0.2, 0) is 6.54 Å². The summed E-state index contributed by atoms with van der Waals surface area (Å²) < 4.78 is 39.3. The van der Waals surface area contributed by atoms with E-state index in [0.29, 0.717) is 12.6 Å². The molecule has 0 bridgehead atoms. The van der Waals surface area contributed by atoms with Gasteiger partial charge in [-0.3, -0.25) is 4.90 Å². The first-order valence-corrected chi connectivity index (χ1v) is 5.66. The third-order valence-electron chi connectivity index (χ3n) is 3.10. The van der Waals surface area contributed by atoms with Crippen molar-refractivity contribution in [3.05, 3.63) is 35.1 Å². The Morgan fingerprint density at radius 3 is 2.65 bits per heavy atom. The van der Waals surface area contributed by atoms with Crippen LogP contribution in [0.1, 0.15) is 12.5 Å². The van der Waals surface area contributed by atoms with Crippen LogP contribution in [0, 0.1) is 17.5 Å². The van der Waals surface area contributed by atoms with Gasteiger partial charge >= 0.3 is 0 Å². The Balaban J connectivity index is 2.15. The number of benzene rings is 1. The largest absolute Gasteiger partial charge is 0.314 e. The molecule has 0 aromatic heterocycles. The molecular weight excluding hydrogens is 229 g/mol. The maximum absolute atomic E-state index is 13.5. The summed E-state index contributed by atoms with van der Waals surface area (Å²) in [6.07, 6.45) is 0. The van der Waals surface area contributed by atoms with E-state index in [2.05, 4.69) is 5.32 Å². The highest BCUT2D eigenvalue weighted by Crippen LogP contribution is 2.17. The van der Waals surface area contributed by atoms with Crippen LogP contribution in [0.15, 0.2) is 12.1 Å². The van der Waals surface area contributed by atoms with Crippen LogP contribution in [0.5, 0.6) is 0 Å². The van der Waals surface area contributed by atoms with Crippen LogP contribution in [0.2, 0.25) is 0 Å². The minimum atomic E-state index is -1.14. The SMILES string of the molecule is C[C@@H]1CNCCN1Cc1cc(F)c(F)cc1F. The summed E-state index contributed by atoms with van der Waals surface area (Å²) in [5, 5.41) is 3.22. The fourth-order valence-electron chi connectivity index (χ4n) is 2.02. The average molecular weight is 244 g/mol. The summed E-state index contributed by atoms with van der Waals surface area (Å²) in [5.41, 5.74) is 0.206. The lowest BCUT2D eigenvalue weighted by Gasteiger charge is -2.33. The molecule has 0 unspecified atom stereocenters. The summed E-state index contributed by atoms with van der Waals surface area (Å²) in [4.78, 5) is 2.05. The van der Waals surface area contributed by atoms with Crippen LogP contribution in [0.4, 0.5) is 13.2 Å². The molecule has 0 spiro atoms. The minimum absolute atomic E-state index is 0.206. The van der Waals surface area contributed by atoms with Crippen molar-refractivity contribution in [2.24, 2.45) is 0 Å². The van der Waals surface area contributed by atoms with E-state index >= 15 is 0 Å². The van der Waals surface area contributed by atoms with Gasteiger partial charge < -0.3 is 5.32 Å². The second kappa shape index (κ2) is 5.06. The Bertz CT molecular complexity index is 409. The van der Waals surface area contributed by atoms with Gasteiger partial charge in [-0.25, -0.2) is 13.2 Å². The van der Waals surface area contributed by atoms with Gasteiger partial charge in [-0.1, -0.05) is 0 Å². The Morgan fingerprint density at radius 2 is 1.94 bits per heavy atom. The predicted molar refractivity (Wildman–Crippen MR) is 59.1 cm³/mol. The molecule has 1 atom stereocenters. The highest BCUT2D eigenvalue weighted by atomic mass is 19.2. The molecule has 2 rings (SSSR count). The van der Waals surface area contributed by atoms with E-state index in [-0.39, 0.29) is 11.6 Å². The number of halogens is 3. The molecular formula is C12H15F3N2. The summed E-state index contributed by atoms with van der Waals surface area (Å²) in [5.74, 6) is -2.82. The quantitative estimate of drug-likeness (QED) is 0.799. The molecule has 0 amide bonds. The molecule has 0 saturated carbocycles. The predicted octanol–water partition coefficient (Wildman–Crippen LogP) is 1.90. The lowest BCUT2D eigenvalue weighted by molar-refractivity contribution is 0.163. The smallest absolute Gasteiger partial charge is 0.161 e. The zero-order valence-electron chi connectivity index (χ0n) is 9.64. The van der Waals surface area contributed by atoms with Gasteiger partial charge in [-0.2, -0.15) is 0 Å². The molecule has 1 aliphatic heterocycles.